The second kappa shape index (κ2) is 14.1. The molecule has 1 heterocycles. The Morgan fingerprint density at radius 3 is 2.36 bits per heavy atom. The van der Waals surface area contributed by atoms with Crippen molar-refractivity contribution in [3.05, 3.63) is 113 Å². The molecular formula is C36H40N2O6. The lowest BCUT2D eigenvalue weighted by Crippen LogP contribution is -2.44. The summed E-state index contributed by atoms with van der Waals surface area (Å²) in [6, 6.07) is 30.2. The molecule has 0 aliphatic carbocycles. The zero-order valence-corrected chi connectivity index (χ0v) is 25.4. The van der Waals surface area contributed by atoms with Crippen LogP contribution in [0.2, 0.25) is 0 Å². The Bertz CT molecular complexity index is 1590. The van der Waals surface area contributed by atoms with Crippen molar-refractivity contribution in [2.45, 2.75) is 57.8 Å². The summed E-state index contributed by atoms with van der Waals surface area (Å²) in [5, 5.41) is 23.7. The molecule has 0 aromatic heterocycles. The van der Waals surface area contributed by atoms with Gasteiger partial charge in [0.25, 0.3) is 0 Å². The van der Waals surface area contributed by atoms with Crippen molar-refractivity contribution >= 4 is 28.3 Å². The predicted molar refractivity (Wildman–Crippen MR) is 170 cm³/mol. The van der Waals surface area contributed by atoms with Crippen LogP contribution in [0.15, 0.2) is 91.0 Å². The maximum absolute atomic E-state index is 12.3. The Morgan fingerprint density at radius 1 is 0.886 bits per heavy atom. The quantitative estimate of drug-likeness (QED) is 0.179. The highest BCUT2D eigenvalue weighted by Crippen LogP contribution is 2.42. The molecule has 4 aromatic carbocycles. The monoisotopic (exact) mass is 596 g/mol. The zero-order chi connectivity index (χ0) is 31.2. The van der Waals surface area contributed by atoms with Crippen LogP contribution in [0, 0.1) is 5.92 Å². The maximum atomic E-state index is 12.3. The fourth-order valence-corrected chi connectivity index (χ4v) is 5.70. The smallest absolute Gasteiger partial charge is 0.303 e. The molecule has 8 nitrogen and oxygen atoms in total. The van der Waals surface area contributed by atoms with Crippen molar-refractivity contribution in [1.29, 1.82) is 0 Å². The molecule has 0 unspecified atom stereocenters. The summed E-state index contributed by atoms with van der Waals surface area (Å²) in [4.78, 5) is 25.5. The number of hydrogen-bond donors (Lipinski definition) is 3. The van der Waals surface area contributed by atoms with Gasteiger partial charge in [0.2, 0.25) is 5.91 Å². The maximum Gasteiger partial charge on any atom is 0.303 e. The number of aliphatic hydroxyl groups is 1. The van der Waals surface area contributed by atoms with Gasteiger partial charge in [-0.3, -0.25) is 14.5 Å². The van der Waals surface area contributed by atoms with E-state index in [1.54, 1.807) is 6.07 Å². The van der Waals surface area contributed by atoms with Gasteiger partial charge in [-0.25, -0.2) is 0 Å². The molecule has 44 heavy (non-hydrogen) atoms. The van der Waals surface area contributed by atoms with Crippen molar-refractivity contribution < 1.29 is 29.3 Å². The number of nitrogens with one attached hydrogen (secondary N) is 1. The van der Waals surface area contributed by atoms with E-state index in [-0.39, 0.29) is 49.5 Å². The molecule has 0 saturated carbocycles. The average Bonchev–Trinajstić information content (AvgIpc) is 3.04. The number of likely N-dealkylation sites (N-methyl/N-ethyl adjacent to an activating group) is 1. The van der Waals surface area contributed by atoms with Gasteiger partial charge in [-0.15, -0.1) is 0 Å². The van der Waals surface area contributed by atoms with Crippen molar-refractivity contribution in [1.82, 2.24) is 4.90 Å². The number of carbonyl (C=O) groups excluding carboxylic acids is 1. The molecule has 230 valence electrons. The van der Waals surface area contributed by atoms with Gasteiger partial charge in [0.1, 0.15) is 0 Å². The normalized spacial score (nSPS) is 20.8. The Morgan fingerprint density at radius 2 is 1.64 bits per heavy atom. The minimum absolute atomic E-state index is 0.0105. The molecule has 1 saturated heterocycles. The lowest BCUT2D eigenvalue weighted by atomic mass is 9.89. The fourth-order valence-electron chi connectivity index (χ4n) is 5.70. The summed E-state index contributed by atoms with van der Waals surface area (Å²) in [5.41, 5.74) is 4.35. The molecule has 0 radical (unpaired) electrons. The number of hydrogen-bond acceptors (Lipinski definition) is 6. The highest BCUT2D eigenvalue weighted by molar-refractivity contribution is 5.92. The number of rotatable bonds is 11. The van der Waals surface area contributed by atoms with Crippen LogP contribution in [0.4, 0.5) is 5.69 Å². The number of anilines is 1. The third kappa shape index (κ3) is 7.52. The van der Waals surface area contributed by atoms with E-state index in [0.29, 0.717) is 12.2 Å². The first kappa shape index (κ1) is 31.3. The lowest BCUT2D eigenvalue weighted by Gasteiger charge is -2.43. The molecule has 4 aromatic rings. The summed E-state index contributed by atoms with van der Waals surface area (Å²) in [6.07, 6.45) is -1.49. The van der Waals surface area contributed by atoms with E-state index in [2.05, 4.69) is 73.6 Å². The number of amides is 1. The Balaban J connectivity index is 1.38. The predicted octanol–water partition coefficient (Wildman–Crippen LogP) is 6.62. The third-order valence-corrected chi connectivity index (χ3v) is 8.52. The van der Waals surface area contributed by atoms with E-state index in [1.807, 2.05) is 42.5 Å². The highest BCUT2D eigenvalue weighted by atomic mass is 16.7. The van der Waals surface area contributed by atoms with Gasteiger partial charge in [0, 0.05) is 36.2 Å². The number of ether oxygens (including phenoxy) is 2. The van der Waals surface area contributed by atoms with Crippen LogP contribution in [0.5, 0.6) is 0 Å². The van der Waals surface area contributed by atoms with Crippen LogP contribution in [0.25, 0.3) is 10.8 Å². The van der Waals surface area contributed by atoms with Crippen LogP contribution in [-0.4, -0.2) is 46.7 Å². The number of aliphatic hydroxyl groups excluding tert-OH is 1. The van der Waals surface area contributed by atoms with Crippen molar-refractivity contribution in [3.8, 4) is 0 Å². The molecule has 3 N–H and O–H groups in total. The van der Waals surface area contributed by atoms with Crippen LogP contribution >= 0.6 is 0 Å². The number of benzene rings is 4. The Kier molecular flexibility index (Phi) is 10.1. The van der Waals surface area contributed by atoms with E-state index in [4.69, 9.17) is 14.6 Å². The number of fused-ring (bicyclic) bond motifs is 1. The SMILES string of the molecule is C[C@H]1[C@@H](CN(C)[C@H](C)c2ccc3ccccc3c2)O[C@@H](c2cccc(NC(=O)CCC(=O)O)c2)O[C@H]1c1ccc(CO)cc1. The molecular weight excluding hydrogens is 556 g/mol. The van der Waals surface area contributed by atoms with Crippen molar-refractivity contribution in [3.63, 3.8) is 0 Å². The number of carboxylic acid groups (broad SMARTS) is 1. The van der Waals surface area contributed by atoms with Crippen LogP contribution in [-0.2, 0) is 25.7 Å². The minimum Gasteiger partial charge on any atom is -0.481 e. The van der Waals surface area contributed by atoms with Crippen molar-refractivity contribution in [2.75, 3.05) is 18.9 Å². The Labute approximate surface area is 258 Å². The first-order chi connectivity index (χ1) is 21.2. The molecule has 1 aliphatic rings. The molecule has 0 spiro atoms. The average molecular weight is 597 g/mol. The standard InChI is InChI=1S/C36H40N2O6/c1-23-32(21-38(3)24(2)28-16-15-26-7-4-5-8-29(26)19-28)43-36(44-35(23)27-13-11-25(22-39)12-14-27)30-9-6-10-31(20-30)37-33(40)17-18-34(41)42/h4-16,19-20,23-24,32,35-36,39H,17-18,21-22H2,1-3H3,(H,37,40)(H,41,42)/t23-,24+,32+,35+,36+/m0/s1. The minimum atomic E-state index is -1.02. The van der Waals surface area contributed by atoms with Crippen LogP contribution in [0.1, 0.15) is 67.4 Å². The van der Waals surface area contributed by atoms with E-state index in [1.165, 1.54) is 16.3 Å². The fraction of sp³-hybridized carbons (Fsp3) is 0.333. The number of aliphatic carboxylic acids is 1. The Hall–Kier alpha value is -4.08. The summed E-state index contributed by atoms with van der Waals surface area (Å²) >= 11 is 0. The summed E-state index contributed by atoms with van der Waals surface area (Å²) in [5.74, 6) is -1.37. The molecule has 0 bridgehead atoms. The van der Waals surface area contributed by atoms with E-state index in [0.717, 1.165) is 16.7 Å². The number of nitrogens with zero attached hydrogens (tertiary/aromatic N) is 1. The summed E-state index contributed by atoms with van der Waals surface area (Å²) < 4.78 is 13.2. The largest absolute Gasteiger partial charge is 0.481 e. The van der Waals surface area contributed by atoms with Gasteiger partial charge in [0.15, 0.2) is 6.29 Å². The molecule has 8 heteroatoms. The van der Waals surface area contributed by atoms with Gasteiger partial charge in [0.05, 0.1) is 25.2 Å². The van der Waals surface area contributed by atoms with Crippen LogP contribution in [0.3, 0.4) is 0 Å². The molecule has 1 amide bonds. The third-order valence-electron chi connectivity index (χ3n) is 8.52. The molecule has 1 aliphatic heterocycles. The molecule has 1 fully saturated rings. The van der Waals surface area contributed by atoms with Crippen molar-refractivity contribution in [2.24, 2.45) is 5.92 Å². The number of carbonyl (C=O) groups is 2. The van der Waals surface area contributed by atoms with E-state index >= 15 is 0 Å². The van der Waals surface area contributed by atoms with Gasteiger partial charge < -0.3 is 25.0 Å². The van der Waals surface area contributed by atoms with Gasteiger partial charge in [-0.1, -0.05) is 79.7 Å². The highest BCUT2D eigenvalue weighted by Gasteiger charge is 2.39. The topological polar surface area (TPSA) is 108 Å². The summed E-state index contributed by atoms with van der Waals surface area (Å²) in [7, 11) is 2.11. The zero-order valence-electron chi connectivity index (χ0n) is 25.4. The molecule has 5 atom stereocenters. The van der Waals surface area contributed by atoms with E-state index in [9.17, 15) is 14.7 Å². The molecule has 5 rings (SSSR count). The van der Waals surface area contributed by atoms with Gasteiger partial charge in [-0.05, 0) is 59.6 Å². The number of carboxylic acids is 1. The second-order valence-corrected chi connectivity index (χ2v) is 11.6. The lowest BCUT2D eigenvalue weighted by molar-refractivity contribution is -0.276. The summed E-state index contributed by atoms with van der Waals surface area (Å²) in [6.45, 7) is 4.97. The first-order valence-electron chi connectivity index (χ1n) is 15.0. The van der Waals surface area contributed by atoms with Gasteiger partial charge >= 0.3 is 5.97 Å². The van der Waals surface area contributed by atoms with Gasteiger partial charge in [-0.2, -0.15) is 0 Å². The van der Waals surface area contributed by atoms with E-state index < -0.39 is 12.3 Å². The first-order valence-corrected chi connectivity index (χ1v) is 15.0. The van der Waals surface area contributed by atoms with Crippen LogP contribution < -0.4 is 5.32 Å². The second-order valence-electron chi connectivity index (χ2n) is 11.6.